The van der Waals surface area contributed by atoms with Crippen molar-refractivity contribution in [3.05, 3.63) is 15.9 Å². The second-order valence-electron chi connectivity index (χ2n) is 4.30. The number of hydrogen-bond donors (Lipinski definition) is 1. The van der Waals surface area contributed by atoms with Crippen molar-refractivity contribution >= 4 is 11.6 Å². The number of aryl methyl sites for hydroxylation is 1. The molecule has 0 saturated carbocycles. The molecule has 1 aliphatic heterocycles. The lowest BCUT2D eigenvalue weighted by Gasteiger charge is -2.33. The maximum atomic E-state index is 11.0. The van der Waals surface area contributed by atoms with Crippen molar-refractivity contribution in [1.29, 1.82) is 0 Å². The molecule has 0 bridgehead atoms. The van der Waals surface area contributed by atoms with Gasteiger partial charge in [-0.15, -0.1) is 0 Å². The van der Waals surface area contributed by atoms with Gasteiger partial charge in [-0.05, 0) is 9.91 Å². The van der Waals surface area contributed by atoms with Crippen LogP contribution in [0.3, 0.4) is 0 Å². The zero-order valence-electron chi connectivity index (χ0n) is 10.5. The van der Waals surface area contributed by atoms with Gasteiger partial charge < -0.3 is 25.5 Å². The van der Waals surface area contributed by atoms with E-state index in [1.165, 1.54) is 0 Å². The van der Waals surface area contributed by atoms with Crippen molar-refractivity contribution in [1.82, 2.24) is 9.55 Å². The van der Waals surface area contributed by atoms with Gasteiger partial charge in [-0.1, -0.05) is 0 Å². The van der Waals surface area contributed by atoms with E-state index in [-0.39, 0.29) is 11.9 Å². The molecule has 0 aromatic carbocycles. The van der Waals surface area contributed by atoms with E-state index in [4.69, 9.17) is 10.5 Å². The quantitative estimate of drug-likeness (QED) is 0.593. The number of ether oxygens (including phenoxy) is 1. The molecule has 2 rings (SSSR count). The zero-order chi connectivity index (χ0) is 13.3. The molecule has 0 amide bonds. The number of hydrogen-bond acceptors (Lipinski definition) is 6. The summed E-state index contributed by atoms with van der Waals surface area (Å²) in [7, 11) is 1.78. The molecular weight excluding hydrogens is 238 g/mol. The summed E-state index contributed by atoms with van der Waals surface area (Å²) >= 11 is 0. The fourth-order valence-electron chi connectivity index (χ4n) is 2.11. The summed E-state index contributed by atoms with van der Waals surface area (Å²) in [6.45, 7) is 3.83. The van der Waals surface area contributed by atoms with E-state index < -0.39 is 4.92 Å². The molecule has 0 spiro atoms. The van der Waals surface area contributed by atoms with Gasteiger partial charge in [-0.25, -0.2) is 0 Å². The van der Waals surface area contributed by atoms with Gasteiger partial charge in [-0.2, -0.15) is 0 Å². The van der Waals surface area contributed by atoms with E-state index in [1.807, 2.05) is 4.90 Å². The van der Waals surface area contributed by atoms with Gasteiger partial charge in [0.1, 0.15) is 0 Å². The first-order chi connectivity index (χ1) is 8.54. The van der Waals surface area contributed by atoms with Crippen LogP contribution in [0, 0.1) is 17.0 Å². The molecule has 1 unspecified atom stereocenters. The highest BCUT2D eigenvalue weighted by atomic mass is 16.6. The molecule has 1 saturated heterocycles. The number of nitrogens with zero attached hydrogens (tertiary/aromatic N) is 4. The maximum absolute atomic E-state index is 11.0. The molecule has 0 aliphatic carbocycles. The molecule has 8 heteroatoms. The maximum Gasteiger partial charge on any atom is 0.406 e. The largest absolute Gasteiger partial charge is 0.406 e. The van der Waals surface area contributed by atoms with Gasteiger partial charge >= 0.3 is 5.82 Å². The van der Waals surface area contributed by atoms with Crippen LogP contribution in [0.5, 0.6) is 0 Å². The van der Waals surface area contributed by atoms with Crippen molar-refractivity contribution in [2.45, 2.75) is 13.0 Å². The van der Waals surface area contributed by atoms with Gasteiger partial charge in [0, 0.05) is 33.6 Å². The van der Waals surface area contributed by atoms with Gasteiger partial charge in [0.25, 0.3) is 0 Å². The Kier molecular flexibility index (Phi) is 3.48. The minimum atomic E-state index is -0.449. The Morgan fingerprint density at radius 2 is 2.39 bits per heavy atom. The Morgan fingerprint density at radius 1 is 1.67 bits per heavy atom. The zero-order valence-corrected chi connectivity index (χ0v) is 10.5. The third-order valence-corrected chi connectivity index (χ3v) is 3.14. The number of nitrogens with two attached hydrogens (primary N) is 1. The van der Waals surface area contributed by atoms with E-state index in [9.17, 15) is 10.1 Å². The Morgan fingerprint density at radius 3 is 3.00 bits per heavy atom. The molecule has 2 N–H and O–H groups in total. The Hall–Kier alpha value is -1.67. The van der Waals surface area contributed by atoms with Gasteiger partial charge in [0.15, 0.2) is 0 Å². The number of rotatable bonds is 3. The first kappa shape index (κ1) is 12.8. The van der Waals surface area contributed by atoms with Gasteiger partial charge in [-0.3, -0.25) is 4.57 Å². The smallest absolute Gasteiger partial charge is 0.373 e. The Labute approximate surface area is 104 Å². The molecule has 8 nitrogen and oxygen atoms in total. The summed E-state index contributed by atoms with van der Waals surface area (Å²) in [6, 6.07) is 0. The number of morpholine rings is 1. The number of anilines is 1. The van der Waals surface area contributed by atoms with E-state index >= 15 is 0 Å². The van der Waals surface area contributed by atoms with Crippen LogP contribution in [-0.4, -0.2) is 46.8 Å². The van der Waals surface area contributed by atoms with Crippen LogP contribution in [0.4, 0.5) is 11.6 Å². The standard InChI is InChI=1S/C10H17N5O3/c1-7-12-9(15(16)17)10(13(7)2)14-3-4-18-8(5-11)6-14/h8H,3-6,11H2,1-2H3. The molecule has 1 aromatic rings. The molecule has 1 aliphatic rings. The molecular formula is C10H17N5O3. The average Bonchev–Trinajstić information content (AvgIpc) is 2.66. The van der Waals surface area contributed by atoms with Crippen molar-refractivity contribution < 1.29 is 9.66 Å². The van der Waals surface area contributed by atoms with E-state index in [0.29, 0.717) is 37.9 Å². The normalized spacial score (nSPS) is 20.2. The second kappa shape index (κ2) is 4.91. The lowest BCUT2D eigenvalue weighted by atomic mass is 10.2. The highest BCUT2D eigenvalue weighted by molar-refractivity contribution is 5.56. The van der Waals surface area contributed by atoms with Crippen molar-refractivity contribution in [2.24, 2.45) is 12.8 Å². The molecule has 1 fully saturated rings. The Balaban J connectivity index is 2.34. The van der Waals surface area contributed by atoms with E-state index in [1.54, 1.807) is 18.5 Å². The third kappa shape index (κ3) is 2.16. The molecule has 1 atom stereocenters. The lowest BCUT2D eigenvalue weighted by molar-refractivity contribution is -0.388. The van der Waals surface area contributed by atoms with E-state index in [0.717, 1.165) is 0 Å². The molecule has 0 radical (unpaired) electrons. The highest BCUT2D eigenvalue weighted by Gasteiger charge is 2.31. The highest BCUT2D eigenvalue weighted by Crippen LogP contribution is 2.29. The predicted molar refractivity (Wildman–Crippen MR) is 65.6 cm³/mol. The van der Waals surface area contributed by atoms with Crippen LogP contribution in [0.2, 0.25) is 0 Å². The summed E-state index contributed by atoms with van der Waals surface area (Å²) in [6.07, 6.45) is -0.0893. The van der Waals surface area contributed by atoms with Crippen molar-refractivity contribution in [3.63, 3.8) is 0 Å². The van der Waals surface area contributed by atoms with Crippen molar-refractivity contribution in [3.8, 4) is 0 Å². The third-order valence-electron chi connectivity index (χ3n) is 3.14. The molecule has 1 aromatic heterocycles. The molecule has 100 valence electrons. The van der Waals surface area contributed by atoms with Crippen LogP contribution in [0.25, 0.3) is 0 Å². The molecule has 18 heavy (non-hydrogen) atoms. The van der Waals surface area contributed by atoms with Crippen LogP contribution < -0.4 is 10.6 Å². The first-order valence-corrected chi connectivity index (χ1v) is 5.79. The number of imidazole rings is 1. The fraction of sp³-hybridized carbons (Fsp3) is 0.700. The van der Waals surface area contributed by atoms with Crippen LogP contribution in [0.1, 0.15) is 5.82 Å². The van der Waals surface area contributed by atoms with Crippen LogP contribution in [-0.2, 0) is 11.8 Å². The Bertz CT molecular complexity index is 459. The lowest BCUT2D eigenvalue weighted by Crippen LogP contribution is -2.46. The van der Waals surface area contributed by atoms with Crippen molar-refractivity contribution in [2.75, 3.05) is 31.1 Å². The monoisotopic (exact) mass is 255 g/mol. The number of aromatic nitrogens is 2. The van der Waals surface area contributed by atoms with E-state index in [2.05, 4.69) is 4.98 Å². The first-order valence-electron chi connectivity index (χ1n) is 5.79. The number of nitro groups is 1. The average molecular weight is 255 g/mol. The van der Waals surface area contributed by atoms with Gasteiger partial charge in [0.05, 0.1) is 12.7 Å². The topological polar surface area (TPSA) is 99.4 Å². The van der Waals surface area contributed by atoms with Gasteiger partial charge in [0.2, 0.25) is 11.6 Å². The summed E-state index contributed by atoms with van der Waals surface area (Å²) < 4.78 is 7.19. The minimum absolute atomic E-state index is 0.0893. The summed E-state index contributed by atoms with van der Waals surface area (Å²) in [4.78, 5) is 16.5. The summed E-state index contributed by atoms with van der Waals surface area (Å²) in [5, 5.41) is 11.0. The summed E-state index contributed by atoms with van der Waals surface area (Å²) in [5.74, 6) is 1.04. The van der Waals surface area contributed by atoms with Crippen LogP contribution >= 0.6 is 0 Å². The second-order valence-corrected chi connectivity index (χ2v) is 4.30. The fourth-order valence-corrected chi connectivity index (χ4v) is 2.11. The predicted octanol–water partition coefficient (Wildman–Crippen LogP) is -0.199. The molecule has 2 heterocycles. The van der Waals surface area contributed by atoms with Crippen LogP contribution in [0.15, 0.2) is 0 Å². The minimum Gasteiger partial charge on any atom is -0.373 e. The SMILES string of the molecule is Cc1nc([N+](=O)[O-])c(N2CCOC(CN)C2)n1C. The summed E-state index contributed by atoms with van der Waals surface area (Å²) in [5.41, 5.74) is 5.58.